The minimum atomic E-state index is -0.469. The van der Waals surface area contributed by atoms with Gasteiger partial charge >= 0.3 is 23.9 Å². The molecule has 5 saturated carbocycles. The number of fused-ring (bicyclic) bond motifs is 2. The highest BCUT2D eigenvalue weighted by Gasteiger charge is 2.82. The van der Waals surface area contributed by atoms with Crippen LogP contribution in [0, 0.1) is 52.8 Å². The van der Waals surface area contributed by atoms with E-state index in [1.807, 2.05) is 0 Å². The maximum absolute atomic E-state index is 12.6. The highest BCUT2D eigenvalue weighted by Crippen LogP contribution is 2.83. The minimum absolute atomic E-state index is 0.0584. The Balaban J connectivity index is 1.21. The molecule has 6 rings (SSSR count). The largest absolute Gasteiger partial charge is 0.469 e. The van der Waals surface area contributed by atoms with Crippen molar-refractivity contribution in [3.63, 3.8) is 0 Å². The lowest BCUT2D eigenvalue weighted by atomic mass is 9.54. The van der Waals surface area contributed by atoms with Gasteiger partial charge < -0.3 is 18.9 Å². The first kappa shape index (κ1) is 24.4. The van der Waals surface area contributed by atoms with E-state index in [-0.39, 0.29) is 53.0 Å². The lowest BCUT2D eigenvalue weighted by Crippen LogP contribution is -2.55. The predicted octanol–water partition coefficient (Wildman–Crippen LogP) is 3.09. The van der Waals surface area contributed by atoms with Crippen LogP contribution in [0.2, 0.25) is 0 Å². The lowest BCUT2D eigenvalue weighted by Gasteiger charge is -2.48. The molecule has 2 bridgehead atoms. The lowest BCUT2D eigenvalue weighted by molar-refractivity contribution is -0.181. The van der Waals surface area contributed by atoms with Gasteiger partial charge in [0.25, 0.3) is 0 Å². The molecule has 11 atom stereocenters. The molecule has 5 aliphatic rings. The maximum atomic E-state index is 12.6. The Kier molecular flexibility index (Phi) is 5.66. The van der Waals surface area contributed by atoms with Crippen LogP contribution in [0.25, 0.3) is 0 Å². The second kappa shape index (κ2) is 8.57. The van der Waals surface area contributed by atoms with E-state index in [0.717, 1.165) is 25.7 Å². The van der Waals surface area contributed by atoms with E-state index in [0.29, 0.717) is 11.8 Å². The van der Waals surface area contributed by atoms with Gasteiger partial charge in [0.1, 0.15) is 0 Å². The number of hydrogen-bond donors (Lipinski definition) is 0. The molecule has 1 aromatic carbocycles. The van der Waals surface area contributed by atoms with Crippen LogP contribution in [0.5, 0.6) is 0 Å². The topological polar surface area (TPSA) is 105 Å². The Bertz CT molecular complexity index is 1140. The second-order valence-corrected chi connectivity index (χ2v) is 11.7. The molecule has 1 aromatic rings. The summed E-state index contributed by atoms with van der Waals surface area (Å²) in [5, 5.41) is 0. The summed E-state index contributed by atoms with van der Waals surface area (Å²) in [6.07, 6.45) is 3.50. The average molecular weight is 511 g/mol. The van der Waals surface area contributed by atoms with Gasteiger partial charge in [0, 0.05) is 0 Å². The van der Waals surface area contributed by atoms with Gasteiger partial charge in [-0.05, 0) is 77.7 Å². The second-order valence-electron chi connectivity index (χ2n) is 11.7. The van der Waals surface area contributed by atoms with Crippen LogP contribution in [0.4, 0.5) is 0 Å². The fourth-order valence-corrected chi connectivity index (χ4v) is 9.40. The molecule has 8 heteroatoms. The average Bonchev–Trinajstić information content (AvgIpc) is 3.25. The Hall–Kier alpha value is -2.90. The van der Waals surface area contributed by atoms with E-state index in [1.54, 1.807) is 0 Å². The zero-order valence-corrected chi connectivity index (χ0v) is 21.7. The van der Waals surface area contributed by atoms with Crippen molar-refractivity contribution < 1.29 is 38.1 Å². The molecule has 5 fully saturated rings. The van der Waals surface area contributed by atoms with Gasteiger partial charge in [-0.2, -0.15) is 0 Å². The first-order valence-corrected chi connectivity index (χ1v) is 13.2. The van der Waals surface area contributed by atoms with Crippen molar-refractivity contribution in [1.29, 1.82) is 0 Å². The van der Waals surface area contributed by atoms with E-state index in [9.17, 15) is 19.2 Å². The number of methoxy groups -OCH3 is 4. The van der Waals surface area contributed by atoms with Gasteiger partial charge in [0.2, 0.25) is 0 Å². The summed E-state index contributed by atoms with van der Waals surface area (Å²) in [5.41, 5.74) is 2.28. The summed E-state index contributed by atoms with van der Waals surface area (Å²) in [4.78, 5) is 50.2. The van der Waals surface area contributed by atoms with Crippen LogP contribution >= 0.6 is 0 Å². The van der Waals surface area contributed by atoms with Crippen molar-refractivity contribution in [2.45, 2.75) is 37.5 Å². The van der Waals surface area contributed by atoms with Crippen molar-refractivity contribution in [3.05, 3.63) is 35.4 Å². The molecule has 0 heterocycles. The van der Waals surface area contributed by atoms with Crippen molar-refractivity contribution >= 4 is 23.9 Å². The molecule has 0 N–H and O–H groups in total. The van der Waals surface area contributed by atoms with Gasteiger partial charge in [-0.3, -0.25) is 19.2 Å². The standard InChI is InChI=1S/C29H34O8/c1-34-25(30)21-15-9-16(18(10-15)22(21)26(31)35-2)13-5-7-14(8-6-13)17-11-19-23(27(32)36-3)24(28(33)37-4)29(19)12-20(17)29/h5-8,15-24H,9-12H2,1-4H3. The molecule has 0 aromatic heterocycles. The SMILES string of the molecule is COC(=O)C1C2CC(c3ccc(C4CC5C(C(=O)OC)C(C(=O)OC)C56CC46)cc3)C(C2)C1C(=O)OC. The van der Waals surface area contributed by atoms with Crippen LogP contribution in [-0.4, -0.2) is 52.3 Å². The van der Waals surface area contributed by atoms with E-state index >= 15 is 0 Å². The van der Waals surface area contributed by atoms with E-state index in [4.69, 9.17) is 18.9 Å². The van der Waals surface area contributed by atoms with Crippen molar-refractivity contribution in [2.24, 2.45) is 52.8 Å². The fraction of sp³-hybridized carbons (Fsp3) is 0.655. The first-order chi connectivity index (χ1) is 17.8. The summed E-state index contributed by atoms with van der Waals surface area (Å²) in [5.74, 6) is -1.78. The van der Waals surface area contributed by atoms with Crippen LogP contribution in [0.3, 0.4) is 0 Å². The highest BCUT2D eigenvalue weighted by molar-refractivity contribution is 5.87. The summed E-state index contributed by atoms with van der Waals surface area (Å²) < 4.78 is 20.2. The highest BCUT2D eigenvalue weighted by atomic mass is 16.5. The van der Waals surface area contributed by atoms with Crippen molar-refractivity contribution in [2.75, 3.05) is 28.4 Å². The summed E-state index contributed by atoms with van der Waals surface area (Å²) in [6.45, 7) is 0. The molecule has 1 spiro atoms. The summed E-state index contributed by atoms with van der Waals surface area (Å²) in [6, 6.07) is 8.67. The van der Waals surface area contributed by atoms with Crippen LogP contribution in [0.1, 0.15) is 48.6 Å². The first-order valence-electron chi connectivity index (χ1n) is 13.2. The third-order valence-corrected chi connectivity index (χ3v) is 10.8. The molecular weight excluding hydrogens is 476 g/mol. The number of rotatable bonds is 6. The Labute approximate surface area is 216 Å². The molecule has 198 valence electrons. The third kappa shape index (κ3) is 3.20. The summed E-state index contributed by atoms with van der Waals surface area (Å²) >= 11 is 0. The minimum Gasteiger partial charge on any atom is -0.469 e. The van der Waals surface area contributed by atoms with Gasteiger partial charge in [-0.25, -0.2) is 0 Å². The van der Waals surface area contributed by atoms with Crippen LogP contribution in [0.15, 0.2) is 24.3 Å². The maximum Gasteiger partial charge on any atom is 0.310 e. The van der Waals surface area contributed by atoms with Gasteiger partial charge in [0.05, 0.1) is 52.1 Å². The molecule has 11 unspecified atom stereocenters. The monoisotopic (exact) mass is 510 g/mol. The molecule has 37 heavy (non-hydrogen) atoms. The molecule has 0 amide bonds. The summed E-state index contributed by atoms with van der Waals surface area (Å²) in [7, 11) is 5.52. The zero-order valence-electron chi connectivity index (χ0n) is 21.7. The van der Waals surface area contributed by atoms with E-state index in [2.05, 4.69) is 24.3 Å². The molecule has 0 aliphatic heterocycles. The smallest absolute Gasteiger partial charge is 0.310 e. The third-order valence-electron chi connectivity index (χ3n) is 10.8. The quantitative estimate of drug-likeness (QED) is 0.425. The van der Waals surface area contributed by atoms with Crippen LogP contribution in [-0.2, 0) is 38.1 Å². The van der Waals surface area contributed by atoms with Crippen LogP contribution < -0.4 is 0 Å². The predicted molar refractivity (Wildman–Crippen MR) is 129 cm³/mol. The number of benzene rings is 1. The van der Waals surface area contributed by atoms with E-state index < -0.39 is 23.7 Å². The normalized spacial score (nSPS) is 42.2. The number of carbonyl (C=O) groups is 4. The molecule has 8 nitrogen and oxygen atoms in total. The molecule has 5 aliphatic carbocycles. The van der Waals surface area contributed by atoms with Gasteiger partial charge in [-0.15, -0.1) is 0 Å². The molecule has 0 saturated heterocycles. The van der Waals surface area contributed by atoms with Gasteiger partial charge in [-0.1, -0.05) is 24.3 Å². The number of hydrogen-bond acceptors (Lipinski definition) is 8. The van der Waals surface area contributed by atoms with Crippen molar-refractivity contribution in [3.8, 4) is 0 Å². The zero-order chi connectivity index (χ0) is 26.2. The Morgan fingerprint density at radius 3 is 1.78 bits per heavy atom. The molecular formula is C29H34O8. The Morgan fingerprint density at radius 1 is 0.649 bits per heavy atom. The van der Waals surface area contributed by atoms with E-state index in [1.165, 1.54) is 39.6 Å². The fourth-order valence-electron chi connectivity index (χ4n) is 9.40. The molecule has 0 radical (unpaired) electrons. The number of esters is 4. The van der Waals surface area contributed by atoms with Crippen molar-refractivity contribution in [1.82, 2.24) is 0 Å². The number of ether oxygens (including phenoxy) is 4. The number of carbonyl (C=O) groups excluding carboxylic acids is 4. The van der Waals surface area contributed by atoms with Gasteiger partial charge in [0.15, 0.2) is 0 Å². The Morgan fingerprint density at radius 2 is 1.19 bits per heavy atom.